The smallest absolute Gasteiger partial charge is 0.321 e. The van der Waals surface area contributed by atoms with Crippen molar-refractivity contribution in [3.8, 4) is 0 Å². The Kier molecular flexibility index (Phi) is 6.07. The molecule has 2 N–H and O–H groups in total. The number of nitrogens with zero attached hydrogens (tertiary/aromatic N) is 1. The molecule has 1 aliphatic heterocycles. The van der Waals surface area contributed by atoms with Crippen molar-refractivity contribution in [3.63, 3.8) is 0 Å². The lowest BCUT2D eigenvalue weighted by Crippen LogP contribution is -2.47. The van der Waals surface area contributed by atoms with Crippen molar-refractivity contribution in [3.05, 3.63) is 65.7 Å². The Bertz CT molecular complexity index is 898. The molecule has 1 aliphatic carbocycles. The quantitative estimate of drug-likeness (QED) is 0.754. The van der Waals surface area contributed by atoms with Crippen LogP contribution in [0.15, 0.2) is 54.6 Å². The van der Waals surface area contributed by atoms with Crippen LogP contribution in [0, 0.1) is 24.7 Å². The third kappa shape index (κ3) is 4.84. The molecule has 3 amide bonds. The summed E-state index contributed by atoms with van der Waals surface area (Å²) in [5.74, 6) is 1.04. The van der Waals surface area contributed by atoms with Crippen molar-refractivity contribution in [1.29, 1.82) is 0 Å². The maximum atomic E-state index is 13.1. The summed E-state index contributed by atoms with van der Waals surface area (Å²) in [6.07, 6.45) is 2.81. The van der Waals surface area contributed by atoms with Crippen molar-refractivity contribution in [2.75, 3.05) is 18.4 Å². The van der Waals surface area contributed by atoms with E-state index >= 15 is 0 Å². The monoisotopic (exact) mass is 405 g/mol. The first-order chi connectivity index (χ1) is 14.5. The summed E-state index contributed by atoms with van der Waals surface area (Å²) in [5, 5.41) is 6.28. The molecule has 0 radical (unpaired) electrons. The molecule has 0 aromatic heterocycles. The molecule has 2 aromatic carbocycles. The first-order valence-electron chi connectivity index (χ1n) is 11.0. The second-order valence-corrected chi connectivity index (χ2v) is 8.86. The molecular formula is C25H31N3O2. The molecule has 30 heavy (non-hydrogen) atoms. The van der Waals surface area contributed by atoms with Crippen LogP contribution in [0.1, 0.15) is 43.4 Å². The van der Waals surface area contributed by atoms with E-state index in [1.165, 1.54) is 5.56 Å². The summed E-state index contributed by atoms with van der Waals surface area (Å²) >= 11 is 0. The van der Waals surface area contributed by atoms with Gasteiger partial charge in [0.2, 0.25) is 5.91 Å². The Hall–Kier alpha value is -2.82. The molecule has 4 rings (SSSR count). The third-order valence-electron chi connectivity index (χ3n) is 6.41. The number of benzene rings is 2. The summed E-state index contributed by atoms with van der Waals surface area (Å²) in [7, 11) is 0. The molecule has 2 fully saturated rings. The average molecular weight is 406 g/mol. The highest BCUT2D eigenvalue weighted by Gasteiger charge is 2.42. The highest BCUT2D eigenvalue weighted by molar-refractivity contribution is 5.90. The number of anilines is 1. The maximum Gasteiger partial charge on any atom is 0.321 e. The van der Waals surface area contributed by atoms with Gasteiger partial charge >= 0.3 is 6.03 Å². The van der Waals surface area contributed by atoms with Crippen LogP contribution >= 0.6 is 0 Å². The molecule has 5 heteroatoms. The topological polar surface area (TPSA) is 61.4 Å². The number of aryl methyl sites for hydroxylation is 1. The maximum absolute atomic E-state index is 13.1. The Morgan fingerprint density at radius 1 is 1.10 bits per heavy atom. The first kappa shape index (κ1) is 20.5. The normalized spacial score (nSPS) is 24.1. The SMILES string of the molecule is Cc1cccc(NC(=O)N2CCCC(C(=O)NC(c3ccccc3)C3CC3C)C2)c1. The number of hydrogen-bond acceptors (Lipinski definition) is 2. The van der Waals surface area contributed by atoms with E-state index in [-0.39, 0.29) is 23.9 Å². The van der Waals surface area contributed by atoms with Crippen LogP contribution in [-0.2, 0) is 4.79 Å². The molecule has 1 heterocycles. The summed E-state index contributed by atoms with van der Waals surface area (Å²) < 4.78 is 0. The summed E-state index contributed by atoms with van der Waals surface area (Å²) in [6, 6.07) is 18.0. The van der Waals surface area contributed by atoms with Crippen molar-refractivity contribution in [2.45, 2.75) is 39.2 Å². The van der Waals surface area contributed by atoms with E-state index in [9.17, 15) is 9.59 Å². The van der Waals surface area contributed by atoms with E-state index in [4.69, 9.17) is 0 Å². The van der Waals surface area contributed by atoms with Crippen LogP contribution in [-0.4, -0.2) is 29.9 Å². The van der Waals surface area contributed by atoms with Crippen molar-refractivity contribution < 1.29 is 9.59 Å². The van der Waals surface area contributed by atoms with Gasteiger partial charge < -0.3 is 15.5 Å². The molecule has 158 valence electrons. The number of likely N-dealkylation sites (tertiary alicyclic amines) is 1. The molecular weight excluding hydrogens is 374 g/mol. The Morgan fingerprint density at radius 3 is 2.57 bits per heavy atom. The number of urea groups is 1. The van der Waals surface area contributed by atoms with Gasteiger partial charge in [0.1, 0.15) is 0 Å². The van der Waals surface area contributed by atoms with Crippen LogP contribution in [0.2, 0.25) is 0 Å². The van der Waals surface area contributed by atoms with Crippen LogP contribution in [0.3, 0.4) is 0 Å². The standard InChI is InChI=1S/C25H31N3O2/c1-17-8-6-12-21(14-17)26-25(30)28-13-7-11-20(16-28)24(29)27-23(22-15-18(22)2)19-9-4-3-5-10-19/h3-6,8-10,12,14,18,20,22-23H,7,11,13,15-16H2,1-2H3,(H,26,30)(H,27,29). The Labute approximate surface area is 178 Å². The van der Waals surface area contributed by atoms with Crippen LogP contribution < -0.4 is 10.6 Å². The first-order valence-corrected chi connectivity index (χ1v) is 11.0. The van der Waals surface area contributed by atoms with Crippen molar-refractivity contribution in [2.24, 2.45) is 17.8 Å². The fourth-order valence-corrected chi connectivity index (χ4v) is 4.49. The molecule has 5 nitrogen and oxygen atoms in total. The van der Waals surface area contributed by atoms with E-state index in [1.807, 2.05) is 49.4 Å². The second kappa shape index (κ2) is 8.90. The Balaban J connectivity index is 1.38. The number of carbonyl (C=O) groups is 2. The fraction of sp³-hybridized carbons (Fsp3) is 0.440. The van der Waals surface area contributed by atoms with Gasteiger partial charge in [-0.2, -0.15) is 0 Å². The predicted molar refractivity (Wildman–Crippen MR) is 119 cm³/mol. The number of amides is 3. The molecule has 0 bridgehead atoms. The largest absolute Gasteiger partial charge is 0.349 e. The lowest BCUT2D eigenvalue weighted by molar-refractivity contribution is -0.127. The molecule has 1 saturated heterocycles. The molecule has 4 unspecified atom stereocenters. The molecule has 2 aliphatic rings. The van der Waals surface area contributed by atoms with Crippen molar-refractivity contribution >= 4 is 17.6 Å². The molecule has 2 aromatic rings. The van der Waals surface area contributed by atoms with E-state index in [1.54, 1.807) is 4.90 Å². The second-order valence-electron chi connectivity index (χ2n) is 8.86. The minimum atomic E-state index is -0.165. The number of hydrogen-bond donors (Lipinski definition) is 2. The van der Waals surface area contributed by atoms with E-state index < -0.39 is 0 Å². The minimum Gasteiger partial charge on any atom is -0.349 e. The zero-order valence-corrected chi connectivity index (χ0v) is 17.8. The lowest BCUT2D eigenvalue weighted by Gasteiger charge is -2.33. The van der Waals surface area contributed by atoms with Gasteiger partial charge in [0.25, 0.3) is 0 Å². The van der Waals surface area contributed by atoms with Gasteiger partial charge in [-0.1, -0.05) is 49.4 Å². The zero-order chi connectivity index (χ0) is 21.1. The van der Waals surface area contributed by atoms with Crippen molar-refractivity contribution in [1.82, 2.24) is 10.2 Å². The fourth-order valence-electron chi connectivity index (χ4n) is 4.49. The number of carbonyl (C=O) groups excluding carboxylic acids is 2. The summed E-state index contributed by atoms with van der Waals surface area (Å²) in [4.78, 5) is 27.6. The number of rotatable bonds is 5. The summed E-state index contributed by atoms with van der Waals surface area (Å²) in [6.45, 7) is 5.39. The lowest BCUT2D eigenvalue weighted by atomic mass is 9.95. The van der Waals surface area contributed by atoms with Gasteiger partial charge in [-0.05, 0) is 61.3 Å². The van der Waals surface area contributed by atoms with Gasteiger partial charge in [-0.15, -0.1) is 0 Å². The molecule has 1 saturated carbocycles. The van der Waals surface area contributed by atoms with Crippen LogP contribution in [0.5, 0.6) is 0 Å². The molecule has 0 spiro atoms. The van der Waals surface area contributed by atoms with Crippen LogP contribution in [0.25, 0.3) is 0 Å². The number of nitrogens with one attached hydrogen (secondary N) is 2. The third-order valence-corrected chi connectivity index (χ3v) is 6.41. The highest BCUT2D eigenvalue weighted by atomic mass is 16.2. The minimum absolute atomic E-state index is 0.0604. The summed E-state index contributed by atoms with van der Waals surface area (Å²) in [5.41, 5.74) is 3.06. The van der Waals surface area contributed by atoms with Gasteiger partial charge in [0, 0.05) is 18.8 Å². The Morgan fingerprint density at radius 2 is 1.87 bits per heavy atom. The van der Waals surface area contributed by atoms with Gasteiger partial charge in [0.05, 0.1) is 12.0 Å². The highest BCUT2D eigenvalue weighted by Crippen LogP contribution is 2.47. The predicted octanol–water partition coefficient (Wildman–Crippen LogP) is 4.75. The van der Waals surface area contributed by atoms with Gasteiger partial charge in [0.15, 0.2) is 0 Å². The van der Waals surface area contributed by atoms with E-state index in [0.717, 1.165) is 30.5 Å². The van der Waals surface area contributed by atoms with Gasteiger partial charge in [-0.25, -0.2) is 4.79 Å². The molecule has 4 atom stereocenters. The van der Waals surface area contributed by atoms with E-state index in [2.05, 4.69) is 29.7 Å². The number of piperidine rings is 1. The average Bonchev–Trinajstić information content (AvgIpc) is 3.48. The van der Waals surface area contributed by atoms with E-state index in [0.29, 0.717) is 24.9 Å². The van der Waals surface area contributed by atoms with Gasteiger partial charge in [-0.3, -0.25) is 4.79 Å². The zero-order valence-electron chi connectivity index (χ0n) is 17.8. The van der Waals surface area contributed by atoms with Crippen LogP contribution in [0.4, 0.5) is 10.5 Å².